The lowest BCUT2D eigenvalue weighted by molar-refractivity contribution is -0.170. The van der Waals surface area contributed by atoms with Gasteiger partial charge in [0.05, 0.1) is 6.10 Å². The summed E-state index contributed by atoms with van der Waals surface area (Å²) in [5, 5.41) is 5.67. The third-order valence-electron chi connectivity index (χ3n) is 5.24. The van der Waals surface area contributed by atoms with Crippen LogP contribution in [-0.2, 0) is 16.1 Å². The first-order valence-electron chi connectivity index (χ1n) is 8.82. The van der Waals surface area contributed by atoms with Gasteiger partial charge in [0.25, 0.3) is 5.91 Å². The van der Waals surface area contributed by atoms with E-state index in [4.69, 9.17) is 10.5 Å². The molecule has 1 aromatic rings. The molecule has 0 bridgehead atoms. The number of nitrogens with two attached hydrogens (primary N) is 1. The Kier molecular flexibility index (Phi) is 5.85. The van der Waals surface area contributed by atoms with E-state index in [1.165, 1.54) is 0 Å². The third-order valence-corrected chi connectivity index (χ3v) is 5.24. The Morgan fingerprint density at radius 3 is 2.36 bits per heavy atom. The highest BCUT2D eigenvalue weighted by Gasteiger charge is 2.62. The summed E-state index contributed by atoms with van der Waals surface area (Å²) in [6.07, 6.45) is 0.528. The summed E-state index contributed by atoms with van der Waals surface area (Å²) >= 11 is 0. The second kappa shape index (κ2) is 7.54. The van der Waals surface area contributed by atoms with E-state index in [0.29, 0.717) is 31.7 Å². The van der Waals surface area contributed by atoms with Crippen molar-refractivity contribution in [3.63, 3.8) is 0 Å². The summed E-state index contributed by atoms with van der Waals surface area (Å²) in [4.78, 5) is 24.3. The Hall–Kier alpha value is -1.92. The maximum absolute atomic E-state index is 12.6. The molecular formula is C19H29N3O3. The molecule has 4 N–H and O–H groups in total. The van der Waals surface area contributed by atoms with Crippen molar-refractivity contribution in [3.8, 4) is 0 Å². The van der Waals surface area contributed by atoms with Gasteiger partial charge in [0.1, 0.15) is 5.54 Å². The lowest BCUT2D eigenvalue weighted by Crippen LogP contribution is -2.75. The van der Waals surface area contributed by atoms with E-state index in [2.05, 4.69) is 10.6 Å². The lowest BCUT2D eigenvalue weighted by Gasteiger charge is -2.57. The van der Waals surface area contributed by atoms with Gasteiger partial charge in [0.2, 0.25) is 5.91 Å². The fourth-order valence-corrected chi connectivity index (χ4v) is 3.20. The zero-order valence-electron chi connectivity index (χ0n) is 15.5. The molecule has 138 valence electrons. The first-order valence-corrected chi connectivity index (χ1v) is 8.82. The summed E-state index contributed by atoms with van der Waals surface area (Å²) in [7, 11) is 0. The van der Waals surface area contributed by atoms with E-state index in [9.17, 15) is 9.59 Å². The molecule has 2 unspecified atom stereocenters. The maximum Gasteiger partial charge on any atom is 0.251 e. The minimum atomic E-state index is -0.923. The van der Waals surface area contributed by atoms with E-state index in [0.717, 1.165) is 5.56 Å². The van der Waals surface area contributed by atoms with Crippen molar-refractivity contribution in [3.05, 3.63) is 35.4 Å². The lowest BCUT2D eigenvalue weighted by atomic mass is 9.54. The van der Waals surface area contributed by atoms with Crippen LogP contribution in [0, 0.1) is 5.41 Å². The van der Waals surface area contributed by atoms with Gasteiger partial charge >= 0.3 is 0 Å². The van der Waals surface area contributed by atoms with Crippen LogP contribution in [0.25, 0.3) is 0 Å². The van der Waals surface area contributed by atoms with E-state index < -0.39 is 11.0 Å². The van der Waals surface area contributed by atoms with Crippen LogP contribution >= 0.6 is 0 Å². The number of rotatable bonds is 7. The molecule has 0 heterocycles. The van der Waals surface area contributed by atoms with Gasteiger partial charge in [0.15, 0.2) is 0 Å². The first kappa shape index (κ1) is 19.4. The summed E-state index contributed by atoms with van der Waals surface area (Å²) in [5.74, 6) is -0.265. The van der Waals surface area contributed by atoms with Crippen molar-refractivity contribution in [1.29, 1.82) is 0 Å². The van der Waals surface area contributed by atoms with Crippen molar-refractivity contribution in [2.75, 3.05) is 13.2 Å². The minimum Gasteiger partial charge on any atom is -0.378 e. The molecule has 1 aromatic carbocycles. The molecule has 6 nitrogen and oxygen atoms in total. The van der Waals surface area contributed by atoms with Crippen molar-refractivity contribution in [2.24, 2.45) is 11.1 Å². The number of benzene rings is 1. The zero-order valence-corrected chi connectivity index (χ0v) is 15.5. The molecule has 25 heavy (non-hydrogen) atoms. The number of carbonyl (C=O) groups excluding carboxylic acids is 2. The molecular weight excluding hydrogens is 318 g/mol. The fraction of sp³-hybridized carbons (Fsp3) is 0.579. The Bertz CT molecular complexity index is 627. The van der Waals surface area contributed by atoms with Crippen LogP contribution in [0.4, 0.5) is 0 Å². The molecule has 2 rings (SSSR count). The van der Waals surface area contributed by atoms with Gasteiger partial charge in [0, 0.05) is 37.1 Å². The molecule has 0 saturated heterocycles. The maximum atomic E-state index is 12.6. The van der Waals surface area contributed by atoms with Crippen molar-refractivity contribution < 1.29 is 14.3 Å². The highest BCUT2D eigenvalue weighted by atomic mass is 16.5. The van der Waals surface area contributed by atoms with E-state index in [-0.39, 0.29) is 17.9 Å². The van der Waals surface area contributed by atoms with E-state index >= 15 is 0 Å². The highest BCUT2D eigenvalue weighted by molar-refractivity contribution is 5.94. The average molecular weight is 347 g/mol. The van der Waals surface area contributed by atoms with Crippen molar-refractivity contribution in [1.82, 2.24) is 10.6 Å². The molecule has 0 spiro atoms. The van der Waals surface area contributed by atoms with Gasteiger partial charge in [-0.25, -0.2) is 0 Å². The normalized spacial score (nSPS) is 24.3. The number of ether oxygens (including phenoxy) is 1. The van der Waals surface area contributed by atoms with Crippen LogP contribution in [0.1, 0.15) is 50.0 Å². The number of carbonyl (C=O) groups is 2. The monoisotopic (exact) mass is 347 g/mol. The number of nitrogens with one attached hydrogen (secondary N) is 2. The summed E-state index contributed by atoms with van der Waals surface area (Å²) in [6.45, 7) is 9.34. The Morgan fingerprint density at radius 1 is 1.20 bits per heavy atom. The molecule has 0 radical (unpaired) electrons. The smallest absolute Gasteiger partial charge is 0.251 e. The van der Waals surface area contributed by atoms with Gasteiger partial charge in [-0.1, -0.05) is 26.0 Å². The van der Waals surface area contributed by atoms with E-state index in [1.807, 2.05) is 39.8 Å². The van der Waals surface area contributed by atoms with Crippen LogP contribution in [-0.4, -0.2) is 36.6 Å². The topological polar surface area (TPSA) is 93.5 Å². The molecule has 1 aliphatic rings. The fourth-order valence-electron chi connectivity index (χ4n) is 3.20. The minimum absolute atomic E-state index is 0.00427. The van der Waals surface area contributed by atoms with Gasteiger partial charge in [-0.2, -0.15) is 0 Å². The standard InChI is InChI=1S/C19H29N3O3/c1-5-21-16(23)14-9-7-13(8-10-14)12-22-17(24)19(20)11-15(25-6-2)18(19,3)4/h7-10,15H,5-6,11-12,20H2,1-4H3,(H,21,23)(H,22,24). The first-order chi connectivity index (χ1) is 11.8. The second-order valence-electron chi connectivity index (χ2n) is 7.08. The van der Waals surface area contributed by atoms with Crippen LogP contribution in [0.5, 0.6) is 0 Å². The van der Waals surface area contributed by atoms with Crippen LogP contribution in [0.2, 0.25) is 0 Å². The van der Waals surface area contributed by atoms with Gasteiger partial charge in [-0.15, -0.1) is 0 Å². The molecule has 6 heteroatoms. The average Bonchev–Trinajstić information content (AvgIpc) is 2.59. The number of hydrogen-bond acceptors (Lipinski definition) is 4. The largest absolute Gasteiger partial charge is 0.378 e. The molecule has 1 aliphatic carbocycles. The molecule has 0 aromatic heterocycles. The number of amides is 2. The SMILES string of the molecule is CCNC(=O)c1ccc(CNC(=O)C2(N)CC(OCC)C2(C)C)cc1. The van der Waals surface area contributed by atoms with E-state index in [1.54, 1.807) is 12.1 Å². The van der Waals surface area contributed by atoms with Crippen LogP contribution in [0.3, 0.4) is 0 Å². The van der Waals surface area contributed by atoms with Crippen LogP contribution < -0.4 is 16.4 Å². The van der Waals surface area contributed by atoms with Crippen LogP contribution in [0.15, 0.2) is 24.3 Å². The highest BCUT2D eigenvalue weighted by Crippen LogP contribution is 2.49. The summed E-state index contributed by atoms with van der Waals surface area (Å²) in [5.41, 5.74) is 6.55. The van der Waals surface area contributed by atoms with Gasteiger partial charge in [-0.3, -0.25) is 9.59 Å². The predicted octanol–water partition coefficient (Wildman–Crippen LogP) is 1.59. The molecule has 2 atom stereocenters. The molecule has 0 aliphatic heterocycles. The summed E-state index contributed by atoms with van der Waals surface area (Å²) in [6, 6.07) is 7.18. The quantitative estimate of drug-likeness (QED) is 0.698. The Balaban J connectivity index is 1.93. The molecule has 1 saturated carbocycles. The number of hydrogen-bond donors (Lipinski definition) is 3. The summed E-state index contributed by atoms with van der Waals surface area (Å²) < 4.78 is 5.66. The van der Waals surface area contributed by atoms with Gasteiger partial charge < -0.3 is 21.1 Å². The zero-order chi connectivity index (χ0) is 18.7. The Morgan fingerprint density at radius 2 is 1.84 bits per heavy atom. The van der Waals surface area contributed by atoms with Gasteiger partial charge in [-0.05, 0) is 31.5 Å². The third kappa shape index (κ3) is 3.70. The molecule has 2 amide bonds. The predicted molar refractivity (Wildman–Crippen MR) is 97.0 cm³/mol. The second-order valence-corrected chi connectivity index (χ2v) is 7.08. The Labute approximate surface area is 149 Å². The van der Waals surface area contributed by atoms with Crippen molar-refractivity contribution in [2.45, 2.75) is 52.3 Å². The molecule has 1 fully saturated rings. The van der Waals surface area contributed by atoms with Crippen molar-refractivity contribution >= 4 is 11.8 Å².